The Morgan fingerprint density at radius 3 is 3.00 bits per heavy atom. The summed E-state index contributed by atoms with van der Waals surface area (Å²) in [5, 5.41) is 2.12. The molecular formula is C9H9BrOS. The Balaban J connectivity index is 2.23. The molecule has 2 heterocycles. The van der Waals surface area contributed by atoms with Crippen molar-refractivity contribution in [2.24, 2.45) is 0 Å². The summed E-state index contributed by atoms with van der Waals surface area (Å²) in [7, 11) is 0. The van der Waals surface area contributed by atoms with E-state index >= 15 is 0 Å². The lowest BCUT2D eigenvalue weighted by atomic mass is 10.1. The maximum Gasteiger partial charge on any atom is 0.0653 e. The number of halogens is 1. The first-order valence-corrected chi connectivity index (χ1v) is 5.55. The molecule has 1 aromatic heterocycles. The summed E-state index contributed by atoms with van der Waals surface area (Å²) in [6.07, 6.45) is 3.22. The van der Waals surface area contributed by atoms with Gasteiger partial charge in [0.05, 0.1) is 13.2 Å². The average molecular weight is 245 g/mol. The molecule has 0 aliphatic carbocycles. The van der Waals surface area contributed by atoms with Crippen LogP contribution in [0.25, 0.3) is 5.57 Å². The molecule has 1 nitrogen and oxygen atoms in total. The molecule has 0 fully saturated rings. The highest BCUT2D eigenvalue weighted by molar-refractivity contribution is 9.10. The maximum atomic E-state index is 5.24. The Morgan fingerprint density at radius 1 is 1.50 bits per heavy atom. The summed E-state index contributed by atoms with van der Waals surface area (Å²) in [5.41, 5.74) is 1.43. The smallest absolute Gasteiger partial charge is 0.0653 e. The first-order valence-electron chi connectivity index (χ1n) is 3.87. The zero-order valence-corrected chi connectivity index (χ0v) is 8.95. The molecule has 0 amide bonds. The summed E-state index contributed by atoms with van der Waals surface area (Å²) in [4.78, 5) is 1.37. The quantitative estimate of drug-likeness (QED) is 0.737. The Hall–Kier alpha value is -0.120. The molecule has 0 bridgehead atoms. The molecule has 0 N–H and O–H groups in total. The second kappa shape index (κ2) is 3.73. The molecule has 12 heavy (non-hydrogen) atoms. The number of ether oxygens (including phenoxy) is 1. The van der Waals surface area contributed by atoms with Gasteiger partial charge in [-0.15, -0.1) is 11.3 Å². The van der Waals surface area contributed by atoms with Crippen molar-refractivity contribution in [2.45, 2.75) is 6.42 Å². The van der Waals surface area contributed by atoms with Gasteiger partial charge in [0, 0.05) is 14.7 Å². The monoisotopic (exact) mass is 244 g/mol. The van der Waals surface area contributed by atoms with Gasteiger partial charge < -0.3 is 4.74 Å². The SMILES string of the molecule is Brc1csc(C2=CCOCC2)c1. The third-order valence-electron chi connectivity index (χ3n) is 1.85. The summed E-state index contributed by atoms with van der Waals surface area (Å²) in [5.74, 6) is 0. The topological polar surface area (TPSA) is 9.23 Å². The van der Waals surface area contributed by atoms with Crippen LogP contribution in [0, 0.1) is 0 Å². The fraction of sp³-hybridized carbons (Fsp3) is 0.333. The average Bonchev–Trinajstić information content (AvgIpc) is 2.54. The van der Waals surface area contributed by atoms with E-state index in [0.717, 1.165) is 19.6 Å². The lowest BCUT2D eigenvalue weighted by molar-refractivity contribution is 0.161. The van der Waals surface area contributed by atoms with E-state index in [-0.39, 0.29) is 0 Å². The molecule has 1 aliphatic rings. The fourth-order valence-corrected chi connectivity index (χ4v) is 2.73. The molecule has 3 heteroatoms. The lowest BCUT2D eigenvalue weighted by Gasteiger charge is -2.11. The Bertz CT molecular complexity index is 303. The van der Waals surface area contributed by atoms with E-state index in [2.05, 4.69) is 33.5 Å². The first kappa shape index (κ1) is 8.48. The Labute approximate surface area is 84.2 Å². The van der Waals surface area contributed by atoms with Gasteiger partial charge >= 0.3 is 0 Å². The second-order valence-electron chi connectivity index (χ2n) is 2.68. The molecule has 0 atom stereocenters. The van der Waals surface area contributed by atoms with Crippen LogP contribution in [0.4, 0.5) is 0 Å². The highest BCUT2D eigenvalue weighted by Gasteiger charge is 2.07. The number of thiophene rings is 1. The van der Waals surface area contributed by atoms with E-state index < -0.39 is 0 Å². The van der Waals surface area contributed by atoms with E-state index in [0.29, 0.717) is 0 Å². The predicted molar refractivity (Wildman–Crippen MR) is 55.4 cm³/mol. The number of rotatable bonds is 1. The van der Waals surface area contributed by atoms with Crippen LogP contribution in [-0.4, -0.2) is 13.2 Å². The molecule has 0 saturated carbocycles. The van der Waals surface area contributed by atoms with E-state index in [1.54, 1.807) is 11.3 Å². The molecular weight excluding hydrogens is 236 g/mol. The molecule has 0 radical (unpaired) electrons. The molecule has 0 saturated heterocycles. The van der Waals surface area contributed by atoms with Gasteiger partial charge in [-0.05, 0) is 34.0 Å². The molecule has 64 valence electrons. The molecule has 0 spiro atoms. The van der Waals surface area contributed by atoms with Crippen molar-refractivity contribution < 1.29 is 4.74 Å². The predicted octanol–water partition coefficient (Wildman–Crippen LogP) is 3.31. The first-order chi connectivity index (χ1) is 5.86. The number of hydrogen-bond donors (Lipinski definition) is 0. The minimum Gasteiger partial charge on any atom is -0.377 e. The highest BCUT2D eigenvalue weighted by atomic mass is 79.9. The summed E-state index contributed by atoms with van der Waals surface area (Å²) < 4.78 is 6.42. The van der Waals surface area contributed by atoms with Crippen LogP contribution >= 0.6 is 27.3 Å². The van der Waals surface area contributed by atoms with E-state index in [1.165, 1.54) is 14.9 Å². The zero-order chi connectivity index (χ0) is 8.39. The maximum absolute atomic E-state index is 5.24. The second-order valence-corrected chi connectivity index (χ2v) is 4.51. The van der Waals surface area contributed by atoms with Gasteiger partial charge in [0.1, 0.15) is 0 Å². The van der Waals surface area contributed by atoms with E-state index in [4.69, 9.17) is 4.74 Å². The van der Waals surface area contributed by atoms with Gasteiger partial charge in [0.25, 0.3) is 0 Å². The number of hydrogen-bond acceptors (Lipinski definition) is 2. The van der Waals surface area contributed by atoms with Crippen LogP contribution in [0.5, 0.6) is 0 Å². The van der Waals surface area contributed by atoms with Gasteiger partial charge in [-0.3, -0.25) is 0 Å². The van der Waals surface area contributed by atoms with Crippen LogP contribution in [0.1, 0.15) is 11.3 Å². The minimum absolute atomic E-state index is 0.769. The van der Waals surface area contributed by atoms with Gasteiger partial charge in [-0.25, -0.2) is 0 Å². The van der Waals surface area contributed by atoms with Crippen LogP contribution in [0.3, 0.4) is 0 Å². The summed E-state index contributed by atoms with van der Waals surface area (Å²) in [6.45, 7) is 1.63. The van der Waals surface area contributed by atoms with E-state index in [1.807, 2.05) is 0 Å². The standard InChI is InChI=1S/C9H9BrOS/c10-8-5-9(12-6-8)7-1-3-11-4-2-7/h1,5-6H,2-4H2. The van der Waals surface area contributed by atoms with Crippen molar-refractivity contribution in [3.05, 3.63) is 26.9 Å². The Morgan fingerprint density at radius 2 is 2.42 bits per heavy atom. The van der Waals surface area contributed by atoms with Crippen molar-refractivity contribution in [3.8, 4) is 0 Å². The van der Waals surface area contributed by atoms with Gasteiger partial charge in [-0.1, -0.05) is 6.08 Å². The summed E-state index contributed by atoms with van der Waals surface area (Å²) >= 11 is 5.24. The molecule has 0 aromatic carbocycles. The van der Waals surface area contributed by atoms with Gasteiger partial charge in [0.15, 0.2) is 0 Å². The third-order valence-corrected chi connectivity index (χ3v) is 3.61. The summed E-state index contributed by atoms with van der Waals surface area (Å²) in [6, 6.07) is 2.17. The molecule has 1 aromatic rings. The van der Waals surface area contributed by atoms with Crippen LogP contribution in [0.2, 0.25) is 0 Å². The van der Waals surface area contributed by atoms with Crippen LogP contribution < -0.4 is 0 Å². The minimum atomic E-state index is 0.769. The van der Waals surface area contributed by atoms with Crippen molar-refractivity contribution >= 4 is 32.8 Å². The lowest BCUT2D eigenvalue weighted by Crippen LogP contribution is -2.02. The zero-order valence-electron chi connectivity index (χ0n) is 6.55. The molecule has 0 unspecified atom stereocenters. The highest BCUT2D eigenvalue weighted by Crippen LogP contribution is 2.29. The van der Waals surface area contributed by atoms with Gasteiger partial charge in [0.2, 0.25) is 0 Å². The Kier molecular flexibility index (Phi) is 2.63. The fourth-order valence-electron chi connectivity index (χ4n) is 1.23. The van der Waals surface area contributed by atoms with Crippen molar-refractivity contribution in [2.75, 3.05) is 13.2 Å². The van der Waals surface area contributed by atoms with E-state index in [9.17, 15) is 0 Å². The van der Waals surface area contributed by atoms with Crippen molar-refractivity contribution in [1.29, 1.82) is 0 Å². The third kappa shape index (κ3) is 1.79. The molecule has 1 aliphatic heterocycles. The largest absolute Gasteiger partial charge is 0.377 e. The van der Waals surface area contributed by atoms with Crippen molar-refractivity contribution in [3.63, 3.8) is 0 Å². The van der Waals surface area contributed by atoms with Gasteiger partial charge in [-0.2, -0.15) is 0 Å². The van der Waals surface area contributed by atoms with Crippen LogP contribution in [-0.2, 0) is 4.74 Å². The molecule has 2 rings (SSSR count). The normalized spacial score (nSPS) is 17.6. The van der Waals surface area contributed by atoms with Crippen molar-refractivity contribution in [1.82, 2.24) is 0 Å². The van der Waals surface area contributed by atoms with Crippen LogP contribution in [0.15, 0.2) is 22.0 Å².